The van der Waals surface area contributed by atoms with E-state index in [1.165, 1.54) is 19.3 Å². The van der Waals surface area contributed by atoms with Gasteiger partial charge in [0.25, 0.3) is 0 Å². The summed E-state index contributed by atoms with van der Waals surface area (Å²) in [5, 5.41) is 9.85. The molecule has 0 amide bonds. The van der Waals surface area contributed by atoms with Crippen LogP contribution in [0.1, 0.15) is 19.3 Å². The van der Waals surface area contributed by atoms with Crippen LogP contribution in [0.15, 0.2) is 0 Å². The Labute approximate surface area is 66.8 Å². The zero-order valence-electron chi connectivity index (χ0n) is 6.61. The van der Waals surface area contributed by atoms with Crippen molar-refractivity contribution in [2.24, 2.45) is 35.5 Å². The van der Waals surface area contributed by atoms with E-state index in [0.717, 1.165) is 35.5 Å². The second-order valence-electron chi connectivity index (χ2n) is 5.18. The third kappa shape index (κ3) is 0.547. The summed E-state index contributed by atoms with van der Waals surface area (Å²) in [5.41, 5.74) is 0. The molecule has 1 heteroatoms. The van der Waals surface area contributed by atoms with Gasteiger partial charge in [0, 0.05) is 0 Å². The Balaban J connectivity index is 1.72. The topological polar surface area (TPSA) is 20.2 Å². The lowest BCUT2D eigenvalue weighted by Crippen LogP contribution is -2.13. The van der Waals surface area contributed by atoms with Crippen molar-refractivity contribution in [2.75, 3.05) is 0 Å². The standard InChI is InChI=1S/C10H14O/c11-10-8-2-6(8)4-1-5(4)7-3-9(7)10/h4-11H,1-3H2/t4-,5-,6-,7+,8-,9+,10?/m0/s1. The highest BCUT2D eigenvalue weighted by molar-refractivity contribution is 5.16. The van der Waals surface area contributed by atoms with E-state index in [9.17, 15) is 5.11 Å². The maximum Gasteiger partial charge on any atom is 0.0602 e. The molecule has 0 spiro atoms. The van der Waals surface area contributed by atoms with Crippen molar-refractivity contribution >= 4 is 0 Å². The molecule has 4 rings (SSSR count). The summed E-state index contributed by atoms with van der Waals surface area (Å²) in [6.45, 7) is 0. The maximum atomic E-state index is 9.85. The first-order chi connectivity index (χ1) is 5.36. The minimum Gasteiger partial charge on any atom is -0.393 e. The molecule has 11 heavy (non-hydrogen) atoms. The maximum absolute atomic E-state index is 9.85. The predicted molar refractivity (Wildman–Crippen MR) is 40.8 cm³/mol. The Morgan fingerprint density at radius 3 is 1.55 bits per heavy atom. The molecule has 0 aliphatic heterocycles. The van der Waals surface area contributed by atoms with Crippen molar-refractivity contribution in [1.29, 1.82) is 0 Å². The summed E-state index contributed by atoms with van der Waals surface area (Å²) in [7, 11) is 0. The molecule has 0 aromatic carbocycles. The number of aliphatic hydroxyl groups excluding tert-OH is 1. The summed E-state index contributed by atoms with van der Waals surface area (Å²) >= 11 is 0. The lowest BCUT2D eigenvalue weighted by molar-refractivity contribution is 0.118. The number of hydrogen-bond acceptors (Lipinski definition) is 1. The predicted octanol–water partition coefficient (Wildman–Crippen LogP) is 1.27. The van der Waals surface area contributed by atoms with Crippen molar-refractivity contribution in [3.05, 3.63) is 0 Å². The molecule has 0 saturated heterocycles. The smallest absolute Gasteiger partial charge is 0.0602 e. The van der Waals surface area contributed by atoms with Crippen LogP contribution in [0.2, 0.25) is 0 Å². The Morgan fingerprint density at radius 1 is 0.636 bits per heavy atom. The number of rotatable bonds is 0. The Kier molecular flexibility index (Phi) is 0.706. The molecule has 1 unspecified atom stereocenters. The van der Waals surface area contributed by atoms with Crippen LogP contribution >= 0.6 is 0 Å². The highest BCUT2D eigenvalue weighted by atomic mass is 16.3. The normalized spacial score (nSPS) is 75.5. The first-order valence-electron chi connectivity index (χ1n) is 5.04. The number of aliphatic hydroxyl groups is 1. The summed E-state index contributed by atoms with van der Waals surface area (Å²) in [6.07, 6.45) is 4.38. The van der Waals surface area contributed by atoms with Crippen LogP contribution in [-0.2, 0) is 0 Å². The molecule has 60 valence electrons. The zero-order valence-corrected chi connectivity index (χ0v) is 6.61. The third-order valence-electron chi connectivity index (χ3n) is 4.65. The minimum atomic E-state index is 0.123. The van der Waals surface area contributed by atoms with Crippen LogP contribution in [-0.4, -0.2) is 11.2 Å². The van der Waals surface area contributed by atoms with Crippen molar-refractivity contribution in [1.82, 2.24) is 0 Å². The number of fused-ring (bicyclic) bond motifs is 5. The van der Waals surface area contributed by atoms with E-state index < -0.39 is 0 Å². The van der Waals surface area contributed by atoms with Gasteiger partial charge in [-0.2, -0.15) is 0 Å². The van der Waals surface area contributed by atoms with Gasteiger partial charge in [-0.1, -0.05) is 0 Å². The van der Waals surface area contributed by atoms with Gasteiger partial charge in [-0.15, -0.1) is 0 Å². The van der Waals surface area contributed by atoms with Crippen LogP contribution in [0.4, 0.5) is 0 Å². The molecule has 0 heterocycles. The first kappa shape index (κ1) is 5.58. The SMILES string of the molecule is OC1[C@H]2C[C@H]2[C@H]2C[C@@H]2[C@H]2C[C@@H]12. The van der Waals surface area contributed by atoms with Crippen LogP contribution in [0, 0.1) is 35.5 Å². The molecule has 1 nitrogen and oxygen atoms in total. The van der Waals surface area contributed by atoms with Gasteiger partial charge in [-0.05, 0) is 54.8 Å². The molecular weight excluding hydrogens is 136 g/mol. The molecule has 1 N–H and O–H groups in total. The second kappa shape index (κ2) is 1.39. The molecule has 4 aliphatic rings. The van der Waals surface area contributed by atoms with Crippen molar-refractivity contribution < 1.29 is 5.11 Å². The molecule has 0 aromatic rings. The van der Waals surface area contributed by atoms with Crippen LogP contribution in [0.25, 0.3) is 0 Å². The van der Waals surface area contributed by atoms with E-state index in [1.807, 2.05) is 0 Å². The van der Waals surface area contributed by atoms with Crippen LogP contribution < -0.4 is 0 Å². The average molecular weight is 150 g/mol. The summed E-state index contributed by atoms with van der Waals surface area (Å²) in [6, 6.07) is 0. The van der Waals surface area contributed by atoms with Gasteiger partial charge in [0.1, 0.15) is 0 Å². The molecule has 0 radical (unpaired) electrons. The zero-order chi connectivity index (χ0) is 7.16. The molecule has 0 aromatic heterocycles. The van der Waals surface area contributed by atoms with E-state index in [0.29, 0.717) is 0 Å². The van der Waals surface area contributed by atoms with Gasteiger partial charge in [0.15, 0.2) is 0 Å². The van der Waals surface area contributed by atoms with Gasteiger partial charge in [-0.25, -0.2) is 0 Å². The van der Waals surface area contributed by atoms with Crippen LogP contribution in [0.3, 0.4) is 0 Å². The van der Waals surface area contributed by atoms with Crippen molar-refractivity contribution in [3.8, 4) is 0 Å². The summed E-state index contributed by atoms with van der Waals surface area (Å²) < 4.78 is 0. The van der Waals surface area contributed by atoms with Gasteiger partial charge in [0.05, 0.1) is 6.10 Å². The molecule has 4 saturated carbocycles. The summed E-state index contributed by atoms with van der Waals surface area (Å²) in [4.78, 5) is 0. The van der Waals surface area contributed by atoms with Crippen molar-refractivity contribution in [2.45, 2.75) is 25.4 Å². The van der Waals surface area contributed by atoms with E-state index in [-0.39, 0.29) is 6.10 Å². The fourth-order valence-corrected chi connectivity index (χ4v) is 3.78. The monoisotopic (exact) mass is 150 g/mol. The van der Waals surface area contributed by atoms with E-state index in [2.05, 4.69) is 0 Å². The fourth-order valence-electron chi connectivity index (χ4n) is 3.78. The molecule has 7 atom stereocenters. The molecule has 4 aliphatic carbocycles. The minimum absolute atomic E-state index is 0.123. The Morgan fingerprint density at radius 2 is 1.00 bits per heavy atom. The van der Waals surface area contributed by atoms with E-state index in [1.54, 1.807) is 0 Å². The summed E-state index contributed by atoms with van der Waals surface area (Å²) in [5.74, 6) is 5.61. The van der Waals surface area contributed by atoms with E-state index >= 15 is 0 Å². The highest BCUT2D eigenvalue weighted by Gasteiger charge is 2.68. The molecule has 0 bridgehead atoms. The van der Waals surface area contributed by atoms with Crippen LogP contribution in [0.5, 0.6) is 0 Å². The highest BCUT2D eigenvalue weighted by Crippen LogP contribution is 2.72. The van der Waals surface area contributed by atoms with Gasteiger partial charge < -0.3 is 5.11 Å². The van der Waals surface area contributed by atoms with Gasteiger partial charge in [-0.3, -0.25) is 0 Å². The largest absolute Gasteiger partial charge is 0.393 e. The lowest BCUT2D eigenvalue weighted by atomic mass is 10.1. The second-order valence-corrected chi connectivity index (χ2v) is 5.18. The first-order valence-corrected chi connectivity index (χ1v) is 5.04. The lowest BCUT2D eigenvalue weighted by Gasteiger charge is -2.06. The Bertz CT molecular complexity index is 199. The Hall–Kier alpha value is -0.0400. The van der Waals surface area contributed by atoms with Crippen molar-refractivity contribution in [3.63, 3.8) is 0 Å². The third-order valence-corrected chi connectivity index (χ3v) is 4.65. The van der Waals surface area contributed by atoms with Gasteiger partial charge >= 0.3 is 0 Å². The average Bonchev–Trinajstić information content (AvgIpc) is 2.81. The van der Waals surface area contributed by atoms with E-state index in [4.69, 9.17) is 0 Å². The van der Waals surface area contributed by atoms with Gasteiger partial charge in [0.2, 0.25) is 0 Å². The molecular formula is C10H14O. The molecule has 4 fully saturated rings. The quantitative estimate of drug-likeness (QED) is 0.551. The number of hydrogen-bond donors (Lipinski definition) is 1. The fraction of sp³-hybridized carbons (Fsp3) is 1.00.